The number of hydrogen-bond donors (Lipinski definition) is 1. The summed E-state index contributed by atoms with van der Waals surface area (Å²) in [4.78, 5) is 4.76. The van der Waals surface area contributed by atoms with Crippen molar-refractivity contribution in [3.8, 4) is 0 Å². The van der Waals surface area contributed by atoms with Gasteiger partial charge in [0.1, 0.15) is 0 Å². The molecule has 2 N–H and O–H groups in total. The second-order valence-electron chi connectivity index (χ2n) is 4.95. The van der Waals surface area contributed by atoms with Gasteiger partial charge in [0, 0.05) is 32.8 Å². The SMILES string of the molecule is CCOC(CN)CN(C)CC1CCN(C)C1. The van der Waals surface area contributed by atoms with Gasteiger partial charge in [-0.25, -0.2) is 0 Å². The van der Waals surface area contributed by atoms with Crippen LogP contribution in [0.25, 0.3) is 0 Å². The summed E-state index contributed by atoms with van der Waals surface area (Å²) < 4.78 is 5.57. The highest BCUT2D eigenvalue weighted by Crippen LogP contribution is 2.15. The van der Waals surface area contributed by atoms with Crippen molar-refractivity contribution in [2.24, 2.45) is 11.7 Å². The number of rotatable bonds is 7. The second-order valence-corrected chi connectivity index (χ2v) is 4.95. The minimum atomic E-state index is 0.189. The molecular formula is C12H27N3O. The highest BCUT2D eigenvalue weighted by molar-refractivity contribution is 4.76. The molecule has 0 spiro atoms. The van der Waals surface area contributed by atoms with E-state index in [0.29, 0.717) is 6.54 Å². The van der Waals surface area contributed by atoms with Crippen molar-refractivity contribution < 1.29 is 4.74 Å². The Hall–Kier alpha value is -0.160. The van der Waals surface area contributed by atoms with E-state index < -0.39 is 0 Å². The van der Waals surface area contributed by atoms with Gasteiger partial charge in [-0.1, -0.05) is 0 Å². The van der Waals surface area contributed by atoms with E-state index in [4.69, 9.17) is 10.5 Å². The average molecular weight is 229 g/mol. The van der Waals surface area contributed by atoms with E-state index in [1.54, 1.807) is 0 Å². The third-order valence-corrected chi connectivity index (χ3v) is 3.24. The standard InChI is InChI=1S/C12H27N3O/c1-4-16-12(7-13)10-15(3)9-11-5-6-14(2)8-11/h11-12H,4-10,13H2,1-3H3. The van der Waals surface area contributed by atoms with Crippen LogP contribution >= 0.6 is 0 Å². The van der Waals surface area contributed by atoms with Crippen molar-refractivity contribution in [3.63, 3.8) is 0 Å². The zero-order valence-corrected chi connectivity index (χ0v) is 11.0. The Kier molecular flexibility index (Phi) is 6.28. The molecule has 16 heavy (non-hydrogen) atoms. The Morgan fingerprint density at radius 1 is 1.56 bits per heavy atom. The van der Waals surface area contributed by atoms with Crippen LogP contribution in [0.4, 0.5) is 0 Å². The molecule has 4 nitrogen and oxygen atoms in total. The van der Waals surface area contributed by atoms with Crippen molar-refractivity contribution in [1.29, 1.82) is 0 Å². The zero-order chi connectivity index (χ0) is 12.0. The summed E-state index contributed by atoms with van der Waals surface area (Å²) in [5.74, 6) is 0.815. The molecule has 1 aliphatic rings. The summed E-state index contributed by atoms with van der Waals surface area (Å²) in [6.07, 6.45) is 1.51. The maximum atomic E-state index is 5.68. The lowest BCUT2D eigenvalue weighted by atomic mass is 10.1. The van der Waals surface area contributed by atoms with Crippen LogP contribution in [0.2, 0.25) is 0 Å². The summed E-state index contributed by atoms with van der Waals surface area (Å²) in [6.45, 7) is 7.97. The molecule has 1 saturated heterocycles. The highest BCUT2D eigenvalue weighted by atomic mass is 16.5. The van der Waals surface area contributed by atoms with Gasteiger partial charge >= 0.3 is 0 Å². The fraction of sp³-hybridized carbons (Fsp3) is 1.00. The van der Waals surface area contributed by atoms with Crippen molar-refractivity contribution in [1.82, 2.24) is 9.80 Å². The van der Waals surface area contributed by atoms with Crippen LogP contribution in [-0.4, -0.2) is 69.3 Å². The van der Waals surface area contributed by atoms with Crippen LogP contribution in [0.3, 0.4) is 0 Å². The molecule has 0 aliphatic carbocycles. The maximum Gasteiger partial charge on any atom is 0.0823 e. The van der Waals surface area contributed by atoms with Crippen molar-refractivity contribution in [3.05, 3.63) is 0 Å². The molecule has 2 unspecified atom stereocenters. The second kappa shape index (κ2) is 7.22. The lowest BCUT2D eigenvalue weighted by Crippen LogP contribution is -2.38. The molecule has 0 saturated carbocycles. The van der Waals surface area contributed by atoms with Crippen LogP contribution < -0.4 is 5.73 Å². The van der Waals surface area contributed by atoms with Gasteiger partial charge in [-0.15, -0.1) is 0 Å². The minimum absolute atomic E-state index is 0.189. The number of nitrogens with zero attached hydrogens (tertiary/aromatic N) is 2. The first kappa shape index (κ1) is 13.9. The van der Waals surface area contributed by atoms with Crippen molar-refractivity contribution in [2.75, 3.05) is 53.4 Å². The van der Waals surface area contributed by atoms with Gasteiger partial charge in [-0.05, 0) is 39.9 Å². The Morgan fingerprint density at radius 2 is 2.31 bits per heavy atom. The first-order valence-electron chi connectivity index (χ1n) is 6.34. The average Bonchev–Trinajstić information content (AvgIpc) is 2.63. The predicted molar refractivity (Wildman–Crippen MR) is 67.6 cm³/mol. The van der Waals surface area contributed by atoms with Crippen LogP contribution in [0.1, 0.15) is 13.3 Å². The van der Waals surface area contributed by atoms with Gasteiger partial charge in [-0.3, -0.25) is 0 Å². The lowest BCUT2D eigenvalue weighted by Gasteiger charge is -2.25. The zero-order valence-electron chi connectivity index (χ0n) is 11.0. The summed E-state index contributed by atoms with van der Waals surface area (Å²) >= 11 is 0. The summed E-state index contributed by atoms with van der Waals surface area (Å²) in [6, 6.07) is 0. The van der Waals surface area contributed by atoms with Crippen LogP contribution in [-0.2, 0) is 4.74 Å². The Balaban J connectivity index is 2.21. The van der Waals surface area contributed by atoms with E-state index >= 15 is 0 Å². The van der Waals surface area contributed by atoms with Crippen molar-refractivity contribution >= 4 is 0 Å². The summed E-state index contributed by atoms with van der Waals surface area (Å²) in [5, 5.41) is 0. The molecule has 2 atom stereocenters. The molecule has 0 aromatic carbocycles. The molecule has 0 aromatic rings. The molecule has 0 bridgehead atoms. The monoisotopic (exact) mass is 229 g/mol. The van der Waals surface area contributed by atoms with Crippen LogP contribution in [0.15, 0.2) is 0 Å². The van der Waals surface area contributed by atoms with Crippen LogP contribution in [0.5, 0.6) is 0 Å². The van der Waals surface area contributed by atoms with Crippen LogP contribution in [0, 0.1) is 5.92 Å². The molecule has 0 amide bonds. The highest BCUT2D eigenvalue weighted by Gasteiger charge is 2.21. The molecule has 1 aliphatic heterocycles. The van der Waals surface area contributed by atoms with Gasteiger partial charge in [0.15, 0.2) is 0 Å². The number of ether oxygens (including phenoxy) is 1. The fourth-order valence-electron chi connectivity index (χ4n) is 2.47. The third kappa shape index (κ3) is 4.78. The lowest BCUT2D eigenvalue weighted by molar-refractivity contribution is 0.0424. The van der Waals surface area contributed by atoms with E-state index in [-0.39, 0.29) is 6.10 Å². The molecule has 0 radical (unpaired) electrons. The topological polar surface area (TPSA) is 41.7 Å². The first-order valence-corrected chi connectivity index (χ1v) is 6.34. The maximum absolute atomic E-state index is 5.68. The largest absolute Gasteiger partial charge is 0.376 e. The smallest absolute Gasteiger partial charge is 0.0823 e. The normalized spacial score (nSPS) is 24.2. The van der Waals surface area contributed by atoms with Crippen molar-refractivity contribution in [2.45, 2.75) is 19.4 Å². The van der Waals surface area contributed by atoms with Gasteiger partial charge in [0.2, 0.25) is 0 Å². The molecule has 96 valence electrons. The van der Waals surface area contributed by atoms with E-state index in [2.05, 4.69) is 23.9 Å². The molecule has 0 aromatic heterocycles. The Morgan fingerprint density at radius 3 is 2.81 bits per heavy atom. The van der Waals surface area contributed by atoms with Gasteiger partial charge < -0.3 is 20.3 Å². The number of likely N-dealkylation sites (N-methyl/N-ethyl adjacent to an activating group) is 1. The summed E-state index contributed by atoms with van der Waals surface area (Å²) in [7, 11) is 4.36. The molecule has 1 rings (SSSR count). The quantitative estimate of drug-likeness (QED) is 0.679. The van der Waals surface area contributed by atoms with Gasteiger partial charge in [0.25, 0.3) is 0 Å². The summed E-state index contributed by atoms with van der Waals surface area (Å²) in [5.41, 5.74) is 5.68. The third-order valence-electron chi connectivity index (χ3n) is 3.24. The Labute approximate surface area is 99.7 Å². The predicted octanol–water partition coefficient (Wildman–Crippen LogP) is 0.234. The van der Waals surface area contributed by atoms with E-state index in [1.165, 1.54) is 19.5 Å². The van der Waals surface area contributed by atoms with E-state index in [0.717, 1.165) is 25.6 Å². The first-order chi connectivity index (χ1) is 7.65. The molecular weight excluding hydrogens is 202 g/mol. The molecule has 1 fully saturated rings. The Bertz CT molecular complexity index is 183. The van der Waals surface area contributed by atoms with E-state index in [1.807, 2.05) is 6.92 Å². The number of likely N-dealkylation sites (tertiary alicyclic amines) is 1. The van der Waals surface area contributed by atoms with E-state index in [9.17, 15) is 0 Å². The fourth-order valence-corrected chi connectivity index (χ4v) is 2.47. The molecule has 1 heterocycles. The molecule has 4 heteroatoms. The number of nitrogens with two attached hydrogens (primary N) is 1. The van der Waals surface area contributed by atoms with Gasteiger partial charge in [0.05, 0.1) is 6.10 Å². The number of hydrogen-bond acceptors (Lipinski definition) is 4. The van der Waals surface area contributed by atoms with Gasteiger partial charge in [-0.2, -0.15) is 0 Å². The minimum Gasteiger partial charge on any atom is -0.376 e.